The van der Waals surface area contributed by atoms with Gasteiger partial charge >= 0.3 is 0 Å². The highest BCUT2D eigenvalue weighted by Crippen LogP contribution is 2.21. The monoisotopic (exact) mass is 212 g/mol. The summed E-state index contributed by atoms with van der Waals surface area (Å²) in [6.07, 6.45) is 0. The van der Waals surface area contributed by atoms with Gasteiger partial charge in [-0.2, -0.15) is 0 Å². The number of hydrogen-bond donors (Lipinski definition) is 2. The molecule has 1 aromatic rings. The van der Waals surface area contributed by atoms with E-state index >= 15 is 0 Å². The van der Waals surface area contributed by atoms with E-state index in [4.69, 9.17) is 16.2 Å². The SMILES string of the molecule is CC.CCN.COc1cc(C)ccc1N. The largest absolute Gasteiger partial charge is 0.495 e. The predicted molar refractivity (Wildman–Crippen MR) is 68.2 cm³/mol. The molecule has 0 atom stereocenters. The maximum Gasteiger partial charge on any atom is 0.142 e. The average molecular weight is 212 g/mol. The molecule has 0 radical (unpaired) electrons. The van der Waals surface area contributed by atoms with Crippen LogP contribution >= 0.6 is 0 Å². The molecule has 3 nitrogen and oxygen atoms in total. The lowest BCUT2D eigenvalue weighted by Crippen LogP contribution is -1.91. The number of nitrogen functional groups attached to an aromatic ring is 1. The zero-order valence-electron chi connectivity index (χ0n) is 10.5. The van der Waals surface area contributed by atoms with E-state index in [-0.39, 0.29) is 0 Å². The summed E-state index contributed by atoms with van der Waals surface area (Å²) in [5.41, 5.74) is 12.3. The summed E-state index contributed by atoms with van der Waals surface area (Å²) >= 11 is 0. The molecule has 0 aliphatic heterocycles. The van der Waals surface area contributed by atoms with Gasteiger partial charge in [-0.25, -0.2) is 0 Å². The fourth-order valence-electron chi connectivity index (χ4n) is 0.818. The molecule has 15 heavy (non-hydrogen) atoms. The highest BCUT2D eigenvalue weighted by Gasteiger charge is 1.95. The van der Waals surface area contributed by atoms with Crippen LogP contribution in [0.15, 0.2) is 18.2 Å². The number of hydrogen-bond acceptors (Lipinski definition) is 3. The third-order valence-electron chi connectivity index (χ3n) is 1.39. The fraction of sp³-hybridized carbons (Fsp3) is 0.500. The zero-order valence-corrected chi connectivity index (χ0v) is 10.5. The fourth-order valence-corrected chi connectivity index (χ4v) is 0.818. The lowest BCUT2D eigenvalue weighted by atomic mass is 10.2. The molecule has 0 fully saturated rings. The van der Waals surface area contributed by atoms with E-state index in [9.17, 15) is 0 Å². The van der Waals surface area contributed by atoms with Gasteiger partial charge in [0.05, 0.1) is 12.8 Å². The quantitative estimate of drug-likeness (QED) is 0.703. The maximum absolute atomic E-state index is 5.57. The zero-order chi connectivity index (χ0) is 12.3. The Morgan fingerprint density at radius 3 is 2.07 bits per heavy atom. The van der Waals surface area contributed by atoms with E-state index in [1.807, 2.05) is 45.9 Å². The third kappa shape index (κ3) is 7.82. The van der Waals surface area contributed by atoms with Crippen LogP contribution in [0.25, 0.3) is 0 Å². The smallest absolute Gasteiger partial charge is 0.142 e. The van der Waals surface area contributed by atoms with E-state index < -0.39 is 0 Å². The summed E-state index contributed by atoms with van der Waals surface area (Å²) in [7, 11) is 1.62. The molecule has 0 spiro atoms. The number of ether oxygens (including phenoxy) is 1. The van der Waals surface area contributed by atoms with Gasteiger partial charge < -0.3 is 16.2 Å². The van der Waals surface area contributed by atoms with Crippen LogP contribution in [-0.4, -0.2) is 13.7 Å². The minimum Gasteiger partial charge on any atom is -0.495 e. The van der Waals surface area contributed by atoms with Gasteiger partial charge in [-0.15, -0.1) is 0 Å². The van der Waals surface area contributed by atoms with Gasteiger partial charge in [0.25, 0.3) is 0 Å². The van der Waals surface area contributed by atoms with Crippen molar-refractivity contribution in [2.24, 2.45) is 5.73 Å². The molecule has 0 unspecified atom stereocenters. The Labute approximate surface area is 93.4 Å². The lowest BCUT2D eigenvalue weighted by molar-refractivity contribution is 0.416. The topological polar surface area (TPSA) is 61.3 Å². The van der Waals surface area contributed by atoms with Crippen LogP contribution in [0.2, 0.25) is 0 Å². The van der Waals surface area contributed by atoms with Crippen molar-refractivity contribution in [2.75, 3.05) is 19.4 Å². The normalized spacial score (nSPS) is 7.87. The van der Waals surface area contributed by atoms with Crippen LogP contribution in [0, 0.1) is 6.92 Å². The first-order chi connectivity index (χ1) is 7.15. The maximum atomic E-state index is 5.57. The number of rotatable bonds is 1. The van der Waals surface area contributed by atoms with Gasteiger partial charge in [0.15, 0.2) is 0 Å². The van der Waals surface area contributed by atoms with Gasteiger partial charge in [0.2, 0.25) is 0 Å². The molecule has 0 bridgehead atoms. The van der Waals surface area contributed by atoms with E-state index in [1.54, 1.807) is 7.11 Å². The predicted octanol–water partition coefficient (Wildman–Crippen LogP) is 2.58. The van der Waals surface area contributed by atoms with Gasteiger partial charge in [-0.05, 0) is 31.2 Å². The Kier molecular flexibility index (Phi) is 11.7. The van der Waals surface area contributed by atoms with Crippen molar-refractivity contribution >= 4 is 5.69 Å². The van der Waals surface area contributed by atoms with Gasteiger partial charge in [0.1, 0.15) is 5.75 Å². The first-order valence-electron chi connectivity index (χ1n) is 5.25. The summed E-state index contributed by atoms with van der Waals surface area (Å²) in [6.45, 7) is 8.65. The van der Waals surface area contributed by atoms with Crippen LogP contribution in [-0.2, 0) is 0 Å². The minimum atomic E-state index is 0.688. The molecule has 0 saturated carbocycles. The van der Waals surface area contributed by atoms with Gasteiger partial charge in [0, 0.05) is 0 Å². The molecule has 0 aliphatic rings. The second-order valence-corrected chi connectivity index (χ2v) is 2.65. The third-order valence-corrected chi connectivity index (χ3v) is 1.39. The van der Waals surface area contributed by atoms with Crippen molar-refractivity contribution in [3.05, 3.63) is 23.8 Å². The summed E-state index contributed by atoms with van der Waals surface area (Å²) in [5.74, 6) is 0.750. The first kappa shape index (κ1) is 16.2. The van der Waals surface area contributed by atoms with Crippen molar-refractivity contribution in [3.63, 3.8) is 0 Å². The Morgan fingerprint density at radius 1 is 1.27 bits per heavy atom. The van der Waals surface area contributed by atoms with Crippen molar-refractivity contribution in [2.45, 2.75) is 27.7 Å². The lowest BCUT2D eigenvalue weighted by Gasteiger charge is -2.03. The molecule has 3 heteroatoms. The number of anilines is 1. The molecule has 0 aliphatic carbocycles. The van der Waals surface area contributed by atoms with Crippen molar-refractivity contribution in [1.29, 1.82) is 0 Å². The van der Waals surface area contributed by atoms with Crippen molar-refractivity contribution in [1.82, 2.24) is 0 Å². The average Bonchev–Trinajstić information content (AvgIpc) is 2.26. The molecule has 1 rings (SSSR count). The Hall–Kier alpha value is -1.22. The van der Waals surface area contributed by atoms with E-state index in [1.165, 1.54) is 0 Å². The van der Waals surface area contributed by atoms with Crippen LogP contribution < -0.4 is 16.2 Å². The molecular weight excluding hydrogens is 188 g/mol. The van der Waals surface area contributed by atoms with E-state index in [0.29, 0.717) is 5.69 Å². The highest BCUT2D eigenvalue weighted by atomic mass is 16.5. The molecule has 1 aromatic carbocycles. The molecule has 88 valence electrons. The summed E-state index contributed by atoms with van der Waals surface area (Å²) in [6, 6.07) is 5.71. The second-order valence-electron chi connectivity index (χ2n) is 2.65. The number of methoxy groups -OCH3 is 1. The molecule has 0 heterocycles. The molecule has 0 aromatic heterocycles. The Morgan fingerprint density at radius 2 is 1.73 bits per heavy atom. The highest BCUT2D eigenvalue weighted by molar-refractivity contribution is 5.53. The second kappa shape index (κ2) is 10.9. The number of benzene rings is 1. The summed E-state index contributed by atoms with van der Waals surface area (Å²) in [5, 5.41) is 0. The Bertz CT molecular complexity index is 249. The molecule has 0 saturated heterocycles. The Balaban J connectivity index is 0. The molecular formula is C12H24N2O. The van der Waals surface area contributed by atoms with Crippen LogP contribution in [0.4, 0.5) is 5.69 Å². The van der Waals surface area contributed by atoms with Gasteiger partial charge in [-0.3, -0.25) is 0 Å². The number of aryl methyl sites for hydroxylation is 1. The summed E-state index contributed by atoms with van der Waals surface area (Å²) in [4.78, 5) is 0. The first-order valence-corrected chi connectivity index (χ1v) is 5.25. The molecule has 4 N–H and O–H groups in total. The summed E-state index contributed by atoms with van der Waals surface area (Å²) < 4.78 is 5.00. The van der Waals surface area contributed by atoms with Crippen LogP contribution in [0.5, 0.6) is 5.75 Å². The van der Waals surface area contributed by atoms with Crippen molar-refractivity contribution < 1.29 is 4.74 Å². The van der Waals surface area contributed by atoms with E-state index in [0.717, 1.165) is 17.9 Å². The van der Waals surface area contributed by atoms with E-state index in [2.05, 4.69) is 0 Å². The van der Waals surface area contributed by atoms with Crippen LogP contribution in [0.3, 0.4) is 0 Å². The number of nitrogens with two attached hydrogens (primary N) is 2. The van der Waals surface area contributed by atoms with Gasteiger partial charge in [-0.1, -0.05) is 26.8 Å². The van der Waals surface area contributed by atoms with Crippen molar-refractivity contribution in [3.8, 4) is 5.75 Å². The standard InChI is InChI=1S/C8H11NO.C2H7N.C2H6/c1-6-3-4-7(9)8(5-6)10-2;1-2-3;1-2/h3-5H,9H2,1-2H3;2-3H2,1H3;1-2H3. The van der Waals surface area contributed by atoms with Crippen LogP contribution in [0.1, 0.15) is 26.3 Å². The minimum absolute atomic E-state index is 0.688. The molecule has 0 amide bonds.